The number of benzene rings is 1. The predicted molar refractivity (Wildman–Crippen MR) is 75.9 cm³/mol. The maximum Gasteiger partial charge on any atom is 0.287 e. The Bertz CT molecular complexity index is 628. The number of para-hydroxylation sites is 1. The van der Waals surface area contributed by atoms with Crippen molar-refractivity contribution in [2.45, 2.75) is 0 Å². The highest BCUT2D eigenvalue weighted by molar-refractivity contribution is 5.91. The summed E-state index contributed by atoms with van der Waals surface area (Å²) in [4.78, 5) is 23.0. The molecule has 6 nitrogen and oxygen atoms in total. The number of carbonyl (C=O) groups excluding carboxylic acids is 2. The number of hydrogen-bond acceptors (Lipinski definition) is 4. The van der Waals surface area contributed by atoms with E-state index in [0.29, 0.717) is 0 Å². The standard InChI is InChI=1S/C15H15FN2O4/c16-11-4-1-2-5-12(11)22-10-14(19)17-7-8-18-15(20)13-6-3-9-21-13/h1-6,9H,7-8,10H2,(H,17,19)(H,18,20). The second kappa shape index (κ2) is 7.82. The number of hydrogen-bond donors (Lipinski definition) is 2. The Labute approximate surface area is 126 Å². The SMILES string of the molecule is O=C(COc1ccccc1F)NCCNC(=O)c1ccco1. The molecule has 2 amide bonds. The third-order valence-electron chi connectivity index (χ3n) is 2.67. The zero-order valence-corrected chi connectivity index (χ0v) is 11.7. The Morgan fingerprint density at radius 1 is 1.09 bits per heavy atom. The minimum absolute atomic E-state index is 0.0174. The molecule has 0 bridgehead atoms. The number of ether oxygens (including phenoxy) is 1. The lowest BCUT2D eigenvalue weighted by Crippen LogP contribution is -2.36. The molecule has 0 saturated carbocycles. The molecular formula is C15H15FN2O4. The van der Waals surface area contributed by atoms with E-state index < -0.39 is 11.7 Å². The van der Waals surface area contributed by atoms with E-state index in [1.54, 1.807) is 12.1 Å². The fourth-order valence-electron chi connectivity index (χ4n) is 1.63. The molecule has 0 aliphatic heterocycles. The Morgan fingerprint density at radius 2 is 1.86 bits per heavy atom. The molecule has 22 heavy (non-hydrogen) atoms. The maximum absolute atomic E-state index is 13.3. The predicted octanol–water partition coefficient (Wildman–Crippen LogP) is 1.34. The van der Waals surface area contributed by atoms with Crippen molar-refractivity contribution in [3.63, 3.8) is 0 Å². The van der Waals surface area contributed by atoms with Crippen LogP contribution in [0.1, 0.15) is 10.6 Å². The molecule has 2 rings (SSSR count). The molecule has 1 aromatic carbocycles. The van der Waals surface area contributed by atoms with Crippen LogP contribution in [0.4, 0.5) is 4.39 Å². The van der Waals surface area contributed by atoms with Gasteiger partial charge in [0.15, 0.2) is 23.9 Å². The Hall–Kier alpha value is -2.83. The van der Waals surface area contributed by atoms with Crippen molar-refractivity contribution in [1.29, 1.82) is 0 Å². The van der Waals surface area contributed by atoms with Crippen LogP contribution in [0.3, 0.4) is 0 Å². The number of rotatable bonds is 7. The Balaban J connectivity index is 1.62. The fraction of sp³-hybridized carbons (Fsp3) is 0.200. The van der Waals surface area contributed by atoms with Crippen LogP contribution >= 0.6 is 0 Å². The van der Waals surface area contributed by atoms with Gasteiger partial charge in [0.1, 0.15) is 0 Å². The minimum Gasteiger partial charge on any atom is -0.481 e. The largest absolute Gasteiger partial charge is 0.481 e. The first-order valence-corrected chi connectivity index (χ1v) is 6.62. The lowest BCUT2D eigenvalue weighted by Gasteiger charge is -2.08. The van der Waals surface area contributed by atoms with E-state index in [0.717, 1.165) is 0 Å². The average molecular weight is 306 g/mol. The lowest BCUT2D eigenvalue weighted by molar-refractivity contribution is -0.123. The van der Waals surface area contributed by atoms with Gasteiger partial charge in [0.25, 0.3) is 11.8 Å². The van der Waals surface area contributed by atoms with Crippen LogP contribution in [-0.4, -0.2) is 31.5 Å². The molecule has 0 spiro atoms. The summed E-state index contributed by atoms with van der Waals surface area (Å²) in [5.74, 6) is -1.07. The van der Waals surface area contributed by atoms with Crippen molar-refractivity contribution in [1.82, 2.24) is 10.6 Å². The van der Waals surface area contributed by atoms with Crippen molar-refractivity contribution in [3.05, 3.63) is 54.2 Å². The van der Waals surface area contributed by atoms with Crippen LogP contribution in [0.15, 0.2) is 47.1 Å². The Morgan fingerprint density at radius 3 is 2.59 bits per heavy atom. The van der Waals surface area contributed by atoms with Crippen molar-refractivity contribution >= 4 is 11.8 Å². The molecule has 0 unspecified atom stereocenters. The van der Waals surface area contributed by atoms with Crippen LogP contribution in [0.5, 0.6) is 5.75 Å². The normalized spacial score (nSPS) is 10.0. The molecule has 1 heterocycles. The third-order valence-corrected chi connectivity index (χ3v) is 2.67. The number of amides is 2. The van der Waals surface area contributed by atoms with Crippen LogP contribution in [0.25, 0.3) is 0 Å². The number of halogens is 1. The van der Waals surface area contributed by atoms with Gasteiger partial charge < -0.3 is 19.8 Å². The molecule has 0 aliphatic carbocycles. The van der Waals surface area contributed by atoms with Crippen molar-refractivity contribution in [2.24, 2.45) is 0 Å². The van der Waals surface area contributed by atoms with E-state index in [2.05, 4.69) is 10.6 Å². The highest BCUT2D eigenvalue weighted by atomic mass is 19.1. The van der Waals surface area contributed by atoms with E-state index in [1.807, 2.05) is 0 Å². The third kappa shape index (κ3) is 4.62. The highest BCUT2D eigenvalue weighted by Crippen LogP contribution is 2.14. The van der Waals surface area contributed by atoms with Gasteiger partial charge in [-0.25, -0.2) is 4.39 Å². The molecule has 116 valence electrons. The van der Waals surface area contributed by atoms with Gasteiger partial charge in [-0.15, -0.1) is 0 Å². The summed E-state index contributed by atoms with van der Waals surface area (Å²) in [6.07, 6.45) is 1.40. The summed E-state index contributed by atoms with van der Waals surface area (Å²) in [5, 5.41) is 5.12. The van der Waals surface area contributed by atoms with Gasteiger partial charge in [-0.2, -0.15) is 0 Å². The zero-order chi connectivity index (χ0) is 15.8. The van der Waals surface area contributed by atoms with E-state index in [1.165, 1.54) is 30.5 Å². The van der Waals surface area contributed by atoms with Crippen LogP contribution in [0.2, 0.25) is 0 Å². The maximum atomic E-state index is 13.3. The number of carbonyl (C=O) groups is 2. The van der Waals surface area contributed by atoms with Crippen LogP contribution < -0.4 is 15.4 Å². The van der Waals surface area contributed by atoms with Gasteiger partial charge >= 0.3 is 0 Å². The van der Waals surface area contributed by atoms with Gasteiger partial charge in [0.2, 0.25) is 0 Å². The summed E-state index contributed by atoms with van der Waals surface area (Å²) >= 11 is 0. The topological polar surface area (TPSA) is 80.6 Å². The number of furan rings is 1. The average Bonchev–Trinajstić information content (AvgIpc) is 3.05. The fourth-order valence-corrected chi connectivity index (χ4v) is 1.63. The number of nitrogens with one attached hydrogen (secondary N) is 2. The minimum atomic E-state index is -0.527. The van der Waals surface area contributed by atoms with Crippen LogP contribution in [-0.2, 0) is 4.79 Å². The molecule has 0 saturated heterocycles. The lowest BCUT2D eigenvalue weighted by atomic mass is 10.3. The first-order chi connectivity index (χ1) is 10.7. The molecule has 0 radical (unpaired) electrons. The summed E-state index contributed by atoms with van der Waals surface area (Å²) in [7, 11) is 0. The molecule has 2 aromatic rings. The molecule has 7 heteroatoms. The van der Waals surface area contributed by atoms with Gasteiger partial charge in [0.05, 0.1) is 6.26 Å². The van der Waals surface area contributed by atoms with Crippen molar-refractivity contribution in [2.75, 3.05) is 19.7 Å². The van der Waals surface area contributed by atoms with Gasteiger partial charge in [-0.05, 0) is 24.3 Å². The van der Waals surface area contributed by atoms with Crippen molar-refractivity contribution in [3.8, 4) is 5.75 Å². The molecule has 1 aromatic heterocycles. The monoisotopic (exact) mass is 306 g/mol. The summed E-state index contributed by atoms with van der Waals surface area (Å²) in [6, 6.07) is 8.97. The first kappa shape index (κ1) is 15.6. The van der Waals surface area contributed by atoms with E-state index >= 15 is 0 Å². The Kier molecular flexibility index (Phi) is 5.53. The summed E-state index contributed by atoms with van der Waals surface area (Å²) < 4.78 is 23.2. The van der Waals surface area contributed by atoms with E-state index in [-0.39, 0.29) is 37.1 Å². The zero-order valence-electron chi connectivity index (χ0n) is 11.7. The highest BCUT2D eigenvalue weighted by Gasteiger charge is 2.08. The second-order valence-electron chi connectivity index (χ2n) is 4.30. The second-order valence-corrected chi connectivity index (χ2v) is 4.30. The molecule has 0 atom stereocenters. The van der Waals surface area contributed by atoms with Gasteiger partial charge in [0, 0.05) is 13.1 Å². The first-order valence-electron chi connectivity index (χ1n) is 6.62. The van der Waals surface area contributed by atoms with E-state index in [9.17, 15) is 14.0 Å². The summed E-state index contributed by atoms with van der Waals surface area (Å²) in [5.41, 5.74) is 0. The van der Waals surface area contributed by atoms with E-state index in [4.69, 9.17) is 9.15 Å². The van der Waals surface area contributed by atoms with Crippen LogP contribution in [0, 0.1) is 5.82 Å². The van der Waals surface area contributed by atoms with Gasteiger partial charge in [-0.3, -0.25) is 9.59 Å². The van der Waals surface area contributed by atoms with Gasteiger partial charge in [-0.1, -0.05) is 12.1 Å². The van der Waals surface area contributed by atoms with Crippen molar-refractivity contribution < 1.29 is 23.1 Å². The molecule has 2 N–H and O–H groups in total. The molecule has 0 aliphatic rings. The summed E-state index contributed by atoms with van der Waals surface area (Å²) in [6.45, 7) is 0.171. The molecule has 0 fully saturated rings. The smallest absolute Gasteiger partial charge is 0.287 e. The molecular weight excluding hydrogens is 291 g/mol. The quantitative estimate of drug-likeness (QED) is 0.757.